The van der Waals surface area contributed by atoms with Crippen molar-refractivity contribution in [2.75, 3.05) is 6.61 Å². The molecule has 6 nitrogen and oxygen atoms in total. The highest BCUT2D eigenvalue weighted by Crippen LogP contribution is 2.46. The van der Waals surface area contributed by atoms with Crippen LogP contribution in [0.4, 0.5) is 0 Å². The summed E-state index contributed by atoms with van der Waals surface area (Å²) in [7, 11) is 0. The van der Waals surface area contributed by atoms with E-state index < -0.39 is 41.4 Å². The van der Waals surface area contributed by atoms with E-state index in [9.17, 15) is 14.4 Å². The van der Waals surface area contributed by atoms with Gasteiger partial charge in [-0.3, -0.25) is 14.4 Å². The minimum Gasteiger partial charge on any atom is -0.465 e. The number of hydrogen-bond donors (Lipinski definition) is 0. The second-order valence-corrected chi connectivity index (χ2v) is 14.3. The summed E-state index contributed by atoms with van der Waals surface area (Å²) >= 11 is 6.88. The first-order valence-electron chi connectivity index (χ1n) is 17.1. The first kappa shape index (κ1) is 35.6. The standard InChI is InChI=1S/C44H41ClO6/c1-29-22-24-32(25-23-29)44(31-14-6-5-7-15-31,38-20-12-13-21-39(38)45)51-42(48)30(27-41(47)50-43(2,3)4)26-40(46)49-28-37-35-18-10-8-16-33(35)34-17-9-11-19-36(34)37/h5-25,30,37H,26-28H2,1-4H3/t30-,44?/m0/s1. The van der Waals surface area contributed by atoms with Gasteiger partial charge in [-0.25, -0.2) is 0 Å². The van der Waals surface area contributed by atoms with Crippen LogP contribution in [0, 0.1) is 12.8 Å². The molecule has 0 aliphatic heterocycles. The van der Waals surface area contributed by atoms with E-state index in [0.29, 0.717) is 21.7 Å². The van der Waals surface area contributed by atoms with Crippen molar-refractivity contribution < 1.29 is 28.6 Å². The van der Waals surface area contributed by atoms with Gasteiger partial charge in [0.25, 0.3) is 0 Å². The molecule has 0 bridgehead atoms. The van der Waals surface area contributed by atoms with Crippen molar-refractivity contribution in [2.24, 2.45) is 5.92 Å². The minimum atomic E-state index is -1.52. The molecule has 5 aromatic carbocycles. The maximum absolute atomic E-state index is 14.6. The topological polar surface area (TPSA) is 78.9 Å². The smallest absolute Gasteiger partial charge is 0.311 e. The Morgan fingerprint density at radius 2 is 1.18 bits per heavy atom. The van der Waals surface area contributed by atoms with E-state index >= 15 is 0 Å². The molecular formula is C44H41ClO6. The predicted molar refractivity (Wildman–Crippen MR) is 198 cm³/mol. The highest BCUT2D eigenvalue weighted by atomic mass is 35.5. The predicted octanol–water partition coefficient (Wildman–Crippen LogP) is 9.58. The Kier molecular flexibility index (Phi) is 10.4. The van der Waals surface area contributed by atoms with Gasteiger partial charge in [0.2, 0.25) is 0 Å². The lowest BCUT2D eigenvalue weighted by Crippen LogP contribution is -2.39. The molecule has 260 valence electrons. The number of fused-ring (bicyclic) bond motifs is 3. The normalized spacial score (nSPS) is 14.1. The minimum absolute atomic E-state index is 0.0814. The van der Waals surface area contributed by atoms with Crippen molar-refractivity contribution >= 4 is 29.5 Å². The molecule has 0 radical (unpaired) electrons. The molecule has 0 saturated carbocycles. The second kappa shape index (κ2) is 15.0. The Morgan fingerprint density at radius 1 is 0.647 bits per heavy atom. The summed E-state index contributed by atoms with van der Waals surface area (Å²) in [5.74, 6) is -3.40. The average molecular weight is 701 g/mol. The van der Waals surface area contributed by atoms with Crippen LogP contribution in [0.1, 0.15) is 72.9 Å². The molecule has 0 amide bonds. The highest BCUT2D eigenvalue weighted by Gasteiger charge is 2.44. The third-order valence-electron chi connectivity index (χ3n) is 9.10. The van der Waals surface area contributed by atoms with Gasteiger partial charge in [0.05, 0.1) is 18.8 Å². The molecular weight excluding hydrogens is 660 g/mol. The van der Waals surface area contributed by atoms with E-state index in [1.165, 1.54) is 0 Å². The molecule has 1 aliphatic rings. The van der Waals surface area contributed by atoms with Crippen molar-refractivity contribution in [3.8, 4) is 11.1 Å². The highest BCUT2D eigenvalue weighted by molar-refractivity contribution is 6.31. The number of aryl methyl sites for hydroxylation is 1. The van der Waals surface area contributed by atoms with Crippen LogP contribution in [0.15, 0.2) is 127 Å². The van der Waals surface area contributed by atoms with Crippen molar-refractivity contribution in [3.05, 3.63) is 166 Å². The van der Waals surface area contributed by atoms with E-state index in [2.05, 4.69) is 12.1 Å². The number of rotatable bonds is 11. The van der Waals surface area contributed by atoms with Gasteiger partial charge in [-0.05, 0) is 56.0 Å². The number of hydrogen-bond acceptors (Lipinski definition) is 6. The number of benzene rings is 5. The van der Waals surface area contributed by atoms with Crippen molar-refractivity contribution in [1.29, 1.82) is 0 Å². The molecule has 5 aromatic rings. The first-order valence-corrected chi connectivity index (χ1v) is 17.5. The summed E-state index contributed by atoms with van der Waals surface area (Å²) in [5.41, 5.74) is 4.88. The number of halogens is 1. The molecule has 1 aliphatic carbocycles. The SMILES string of the molecule is Cc1ccc(C(OC(=O)[C@@H](CC(=O)OCC2c3ccccc3-c3ccccc32)CC(=O)OC(C)(C)C)(c2ccccc2)c2ccccc2Cl)cc1. The Bertz CT molecular complexity index is 1990. The summed E-state index contributed by atoms with van der Waals surface area (Å²) in [6.07, 6.45) is -0.781. The quantitative estimate of drug-likeness (QED) is 0.0776. The van der Waals surface area contributed by atoms with Crippen LogP contribution < -0.4 is 0 Å². The fourth-order valence-corrected chi connectivity index (χ4v) is 7.06. The van der Waals surface area contributed by atoms with E-state index in [1.807, 2.05) is 110 Å². The fraction of sp³-hybridized carbons (Fsp3) is 0.250. The molecule has 2 atom stereocenters. The van der Waals surface area contributed by atoms with Crippen LogP contribution in [0.25, 0.3) is 11.1 Å². The Hall–Kier alpha value is -5.20. The van der Waals surface area contributed by atoms with Crippen molar-refractivity contribution in [1.82, 2.24) is 0 Å². The largest absolute Gasteiger partial charge is 0.465 e. The Labute approximate surface area is 304 Å². The van der Waals surface area contributed by atoms with Crippen molar-refractivity contribution in [2.45, 2.75) is 57.7 Å². The lowest BCUT2D eigenvalue weighted by atomic mass is 9.79. The first-order chi connectivity index (χ1) is 24.5. The number of carbonyl (C=O) groups is 3. The van der Waals surface area contributed by atoms with Crippen molar-refractivity contribution in [3.63, 3.8) is 0 Å². The van der Waals surface area contributed by atoms with Crippen LogP contribution in [0.2, 0.25) is 5.02 Å². The van der Waals surface area contributed by atoms with Gasteiger partial charge in [0.1, 0.15) is 12.2 Å². The number of esters is 3. The number of carbonyl (C=O) groups excluding carboxylic acids is 3. The molecule has 0 aromatic heterocycles. The van der Waals surface area contributed by atoms with Gasteiger partial charge >= 0.3 is 17.9 Å². The molecule has 1 unspecified atom stereocenters. The Morgan fingerprint density at radius 3 is 1.78 bits per heavy atom. The summed E-state index contributed by atoms with van der Waals surface area (Å²) in [4.78, 5) is 41.5. The molecule has 6 rings (SSSR count). The van der Waals surface area contributed by atoms with Gasteiger partial charge in [-0.2, -0.15) is 0 Å². The van der Waals surface area contributed by atoms with Gasteiger partial charge in [-0.1, -0.05) is 138 Å². The zero-order valence-corrected chi connectivity index (χ0v) is 30.0. The molecule has 0 saturated heterocycles. The van der Waals surface area contributed by atoms with E-state index in [-0.39, 0.29) is 18.9 Å². The summed E-state index contributed by atoms with van der Waals surface area (Å²) in [5, 5.41) is 0.384. The van der Waals surface area contributed by atoms with E-state index in [1.54, 1.807) is 32.9 Å². The molecule has 7 heteroatoms. The van der Waals surface area contributed by atoms with Crippen LogP contribution in [0.3, 0.4) is 0 Å². The third-order valence-corrected chi connectivity index (χ3v) is 9.43. The van der Waals surface area contributed by atoms with Crippen LogP contribution in [-0.4, -0.2) is 30.1 Å². The summed E-state index contributed by atoms with van der Waals surface area (Å²) < 4.78 is 18.2. The maximum Gasteiger partial charge on any atom is 0.311 e. The van der Waals surface area contributed by atoms with Crippen LogP contribution in [0.5, 0.6) is 0 Å². The van der Waals surface area contributed by atoms with E-state index in [0.717, 1.165) is 27.8 Å². The van der Waals surface area contributed by atoms with Gasteiger partial charge in [0.15, 0.2) is 5.60 Å². The lowest BCUT2D eigenvalue weighted by Gasteiger charge is -2.37. The lowest BCUT2D eigenvalue weighted by molar-refractivity contribution is -0.168. The van der Waals surface area contributed by atoms with Crippen LogP contribution in [-0.2, 0) is 34.2 Å². The maximum atomic E-state index is 14.6. The molecule has 0 N–H and O–H groups in total. The third kappa shape index (κ3) is 7.77. The zero-order valence-electron chi connectivity index (χ0n) is 29.2. The summed E-state index contributed by atoms with van der Waals surface area (Å²) in [6.45, 7) is 7.30. The van der Waals surface area contributed by atoms with Gasteiger partial charge in [0, 0.05) is 27.6 Å². The fourth-order valence-electron chi connectivity index (χ4n) is 6.79. The zero-order chi connectivity index (χ0) is 36.2. The van der Waals surface area contributed by atoms with Gasteiger partial charge in [-0.15, -0.1) is 0 Å². The second-order valence-electron chi connectivity index (χ2n) is 13.9. The van der Waals surface area contributed by atoms with Gasteiger partial charge < -0.3 is 14.2 Å². The molecule has 0 heterocycles. The molecule has 0 spiro atoms. The van der Waals surface area contributed by atoms with Crippen LogP contribution >= 0.6 is 11.6 Å². The number of ether oxygens (including phenoxy) is 3. The average Bonchev–Trinajstić information content (AvgIpc) is 3.43. The molecule has 51 heavy (non-hydrogen) atoms. The molecule has 0 fully saturated rings. The summed E-state index contributed by atoms with van der Waals surface area (Å²) in [6, 6.07) is 40.3. The monoisotopic (exact) mass is 700 g/mol. The van der Waals surface area contributed by atoms with E-state index in [4.69, 9.17) is 25.8 Å². The Balaban J connectivity index is 1.34.